The Hall–Kier alpha value is 0.0200. The first kappa shape index (κ1) is 11.0. The van der Waals surface area contributed by atoms with Crippen LogP contribution < -0.4 is 0 Å². The van der Waals surface area contributed by atoms with Crippen molar-refractivity contribution in [1.82, 2.24) is 0 Å². The molecule has 0 aromatic heterocycles. The Morgan fingerprint density at radius 2 is 1.73 bits per heavy atom. The number of ketones is 1. The van der Waals surface area contributed by atoms with Crippen molar-refractivity contribution >= 4 is 16.7 Å². The third-order valence-corrected chi connectivity index (χ3v) is 4.07. The van der Waals surface area contributed by atoms with Crippen LogP contribution in [0.25, 0.3) is 0 Å². The quantitative estimate of drug-likeness (QED) is 0.564. The molecule has 66 valence electrons. The van der Waals surface area contributed by atoms with Crippen LogP contribution in [-0.2, 0) is 15.7 Å². The van der Waals surface area contributed by atoms with E-state index in [1.807, 2.05) is 0 Å². The Morgan fingerprint density at radius 3 is 2.09 bits per heavy atom. The Balaban J connectivity index is 3.54. The Labute approximate surface area is 72.9 Å². The van der Waals surface area contributed by atoms with E-state index in [2.05, 4.69) is 20.8 Å². The molecule has 0 N–H and O–H groups in total. The number of carbonyl (C=O) groups is 1. The predicted octanol–water partition coefficient (Wildman–Crippen LogP) is 2.01. The number of Topliss-reactive ketones (excluding diaryl/α,β-unsaturated/α-hetero) is 1. The number of hydrogen-bond donors (Lipinski definition) is 0. The van der Waals surface area contributed by atoms with Gasteiger partial charge in [-0.15, -0.1) is 0 Å². The van der Waals surface area contributed by atoms with E-state index in [-0.39, 0.29) is 0 Å². The average molecular weight is 175 g/mol. The molecule has 0 spiro atoms. The third-order valence-electron chi connectivity index (χ3n) is 1.71. The molecule has 0 saturated heterocycles. The van der Waals surface area contributed by atoms with Gasteiger partial charge in [-0.3, -0.25) is 4.79 Å². The first-order chi connectivity index (χ1) is 5.24. The second-order valence-corrected chi connectivity index (χ2v) is 5.29. The Kier molecular flexibility index (Phi) is 6.73. The van der Waals surface area contributed by atoms with Gasteiger partial charge in [0.15, 0.2) is 11.5 Å². The van der Waals surface area contributed by atoms with E-state index in [9.17, 15) is 4.79 Å². The zero-order chi connectivity index (χ0) is 8.69. The molecule has 0 bridgehead atoms. The number of hydrogen-bond acceptors (Lipinski definition) is 1. The molecule has 0 heterocycles. The molecule has 0 fully saturated rings. The fourth-order valence-electron chi connectivity index (χ4n) is 0.987. The molecule has 11 heavy (non-hydrogen) atoms. The van der Waals surface area contributed by atoms with Crippen LogP contribution in [0.2, 0.25) is 0 Å². The van der Waals surface area contributed by atoms with Crippen LogP contribution in [-0.4, -0.2) is 23.0 Å². The normalized spacial score (nSPS) is 10.5. The summed E-state index contributed by atoms with van der Waals surface area (Å²) in [5.41, 5.74) is 0. The highest BCUT2D eigenvalue weighted by molar-refractivity contribution is 7.97. The molecule has 0 aliphatic rings. The van der Waals surface area contributed by atoms with Gasteiger partial charge in [0.1, 0.15) is 11.5 Å². The van der Waals surface area contributed by atoms with Gasteiger partial charge < -0.3 is 0 Å². The van der Waals surface area contributed by atoms with E-state index in [0.717, 1.165) is 18.6 Å². The minimum absolute atomic E-state index is 0.380. The van der Waals surface area contributed by atoms with E-state index >= 15 is 0 Å². The summed E-state index contributed by atoms with van der Waals surface area (Å²) >= 11 is 0. The van der Waals surface area contributed by atoms with Crippen molar-refractivity contribution in [2.45, 2.75) is 33.6 Å². The van der Waals surface area contributed by atoms with E-state index in [1.165, 1.54) is 11.5 Å². The van der Waals surface area contributed by atoms with Gasteiger partial charge >= 0.3 is 0 Å². The summed E-state index contributed by atoms with van der Waals surface area (Å²) in [4.78, 5) is 11.2. The zero-order valence-corrected chi connectivity index (χ0v) is 8.67. The zero-order valence-electron chi connectivity index (χ0n) is 7.85. The van der Waals surface area contributed by atoms with E-state index < -0.39 is 0 Å². The summed E-state index contributed by atoms with van der Waals surface area (Å²) in [7, 11) is 0.380. The van der Waals surface area contributed by atoms with Gasteiger partial charge in [-0.25, -0.2) is 0 Å². The Bertz CT molecular complexity index is 108. The van der Waals surface area contributed by atoms with Gasteiger partial charge in [-0.1, -0.05) is 6.92 Å². The van der Waals surface area contributed by atoms with Crippen molar-refractivity contribution in [2.24, 2.45) is 0 Å². The van der Waals surface area contributed by atoms with Crippen molar-refractivity contribution in [1.29, 1.82) is 0 Å². The van der Waals surface area contributed by atoms with Crippen molar-refractivity contribution in [3.8, 4) is 0 Å². The molecule has 0 aliphatic heterocycles. The molecule has 0 atom stereocenters. The lowest BCUT2D eigenvalue weighted by atomic mass is 10.3. The summed E-state index contributed by atoms with van der Waals surface area (Å²) in [6, 6.07) is 0. The molecule has 0 saturated carbocycles. The van der Waals surface area contributed by atoms with Gasteiger partial charge in [0.2, 0.25) is 0 Å². The van der Waals surface area contributed by atoms with Crippen LogP contribution in [0.15, 0.2) is 0 Å². The lowest BCUT2D eigenvalue weighted by Crippen LogP contribution is -2.19. The van der Waals surface area contributed by atoms with Crippen molar-refractivity contribution < 1.29 is 4.79 Å². The molecule has 2 heteroatoms. The highest BCUT2D eigenvalue weighted by Crippen LogP contribution is 1.99. The maximum atomic E-state index is 11.2. The van der Waals surface area contributed by atoms with Crippen LogP contribution in [0.3, 0.4) is 0 Å². The monoisotopic (exact) mass is 175 g/mol. The largest absolute Gasteiger partial charge is 0.294 e. The van der Waals surface area contributed by atoms with Crippen molar-refractivity contribution in [3.63, 3.8) is 0 Å². The first-order valence-electron chi connectivity index (χ1n) is 4.40. The lowest BCUT2D eigenvalue weighted by Gasteiger charge is -2.01. The minimum Gasteiger partial charge on any atom is -0.294 e. The predicted molar refractivity (Wildman–Crippen MR) is 53.2 cm³/mol. The summed E-state index contributed by atoms with van der Waals surface area (Å²) in [6.07, 6.45) is 1.78. The topological polar surface area (TPSA) is 17.1 Å². The molecule has 0 unspecified atom stereocenters. The maximum Gasteiger partial charge on any atom is 0.181 e. The number of rotatable bonds is 6. The van der Waals surface area contributed by atoms with Gasteiger partial charge in [0.05, 0.1) is 0 Å². The fourth-order valence-corrected chi connectivity index (χ4v) is 2.40. The first-order valence-corrected chi connectivity index (χ1v) is 6.13. The van der Waals surface area contributed by atoms with Crippen LogP contribution in [0, 0.1) is 0 Å². The molecular formula is C9H19OS+. The molecule has 0 radical (unpaired) electrons. The summed E-state index contributed by atoms with van der Waals surface area (Å²) < 4.78 is 0. The minimum atomic E-state index is 0.380. The van der Waals surface area contributed by atoms with E-state index in [0.29, 0.717) is 16.7 Å². The average Bonchev–Trinajstić information content (AvgIpc) is 2.01. The van der Waals surface area contributed by atoms with Gasteiger partial charge in [0.25, 0.3) is 0 Å². The van der Waals surface area contributed by atoms with Gasteiger partial charge in [-0.05, 0) is 31.2 Å². The fraction of sp³-hybridized carbons (Fsp3) is 0.889. The van der Waals surface area contributed by atoms with Gasteiger partial charge in [-0.2, -0.15) is 0 Å². The molecule has 0 aromatic carbocycles. The molecule has 0 rings (SSSR count). The van der Waals surface area contributed by atoms with Crippen LogP contribution >= 0.6 is 0 Å². The van der Waals surface area contributed by atoms with E-state index in [1.54, 1.807) is 0 Å². The highest BCUT2D eigenvalue weighted by atomic mass is 32.2. The molecule has 0 aromatic rings. The summed E-state index contributed by atoms with van der Waals surface area (Å²) in [5.74, 6) is 3.64. The molecule has 1 nitrogen and oxygen atoms in total. The molecule has 0 aliphatic carbocycles. The summed E-state index contributed by atoms with van der Waals surface area (Å²) in [5, 5.41) is 0. The SMILES string of the molecule is CCCC(=O)C[S+](CC)CC. The van der Waals surface area contributed by atoms with Crippen molar-refractivity contribution in [2.75, 3.05) is 17.3 Å². The second-order valence-electron chi connectivity index (χ2n) is 2.62. The highest BCUT2D eigenvalue weighted by Gasteiger charge is 2.16. The second kappa shape index (κ2) is 6.71. The molecule has 0 amide bonds. The Morgan fingerprint density at radius 1 is 1.18 bits per heavy atom. The van der Waals surface area contributed by atoms with Crippen LogP contribution in [0.5, 0.6) is 0 Å². The van der Waals surface area contributed by atoms with E-state index in [4.69, 9.17) is 0 Å². The standard InChI is InChI=1S/C9H19OS/c1-4-7-9(10)8-11(5-2)6-3/h4-8H2,1-3H3/q+1. The smallest absolute Gasteiger partial charge is 0.181 e. The summed E-state index contributed by atoms with van der Waals surface area (Å²) in [6.45, 7) is 6.41. The number of carbonyl (C=O) groups excluding carboxylic acids is 1. The lowest BCUT2D eigenvalue weighted by molar-refractivity contribution is -0.116. The third kappa shape index (κ3) is 5.31. The van der Waals surface area contributed by atoms with Crippen LogP contribution in [0.4, 0.5) is 0 Å². The van der Waals surface area contributed by atoms with Gasteiger partial charge in [0, 0.05) is 6.42 Å². The van der Waals surface area contributed by atoms with Crippen molar-refractivity contribution in [3.05, 3.63) is 0 Å². The molecular weight excluding hydrogens is 156 g/mol. The van der Waals surface area contributed by atoms with Crippen LogP contribution in [0.1, 0.15) is 33.6 Å². The maximum absolute atomic E-state index is 11.2.